The van der Waals surface area contributed by atoms with Gasteiger partial charge in [-0.25, -0.2) is 0 Å². The number of aryl methyl sites for hydroxylation is 1. The van der Waals surface area contributed by atoms with Crippen LogP contribution in [-0.2, 0) is 7.05 Å². The molecule has 0 spiro atoms. The molecule has 12 heavy (non-hydrogen) atoms. The predicted octanol–water partition coefficient (Wildman–Crippen LogP) is -0.908. The van der Waals surface area contributed by atoms with E-state index in [2.05, 4.69) is 10.4 Å². The summed E-state index contributed by atoms with van der Waals surface area (Å²) in [5, 5.41) is 8.17. The molecule has 0 radical (unpaired) electrons. The molecule has 0 aliphatic heterocycles. The average molecular weight is 189 g/mol. The molecule has 0 aromatic carbocycles. The Hall–Kier alpha value is 0.386. The summed E-state index contributed by atoms with van der Waals surface area (Å²) in [4.78, 5) is 0. The summed E-state index contributed by atoms with van der Waals surface area (Å²) in [5.41, 5.74) is 1.07. The smallest absolute Gasteiger partial charge is 0.467 e. The molecular weight excluding hydrogens is 177 g/mol. The van der Waals surface area contributed by atoms with Gasteiger partial charge in [0, 0.05) is 13.2 Å². The number of rotatable bonds is 2. The third-order valence-corrected chi connectivity index (χ3v) is 1.39. The molecule has 0 unspecified atom stereocenters. The van der Waals surface area contributed by atoms with Crippen LogP contribution < -0.4 is 51.4 Å². The zero-order valence-electron chi connectivity index (χ0n) is 8.07. The Morgan fingerprint density at radius 1 is 1.58 bits per heavy atom. The van der Waals surface area contributed by atoms with Crippen molar-refractivity contribution in [3.05, 3.63) is 23.2 Å². The molecule has 1 aromatic rings. The standard InChI is InChI=1S/C8H12N3.K/c1-4-5-7-6-11(3)10-8(7)9-2;/h4-6H,1-3H3;/q-1;+1/b5-4-;. The van der Waals surface area contributed by atoms with Crippen LogP contribution >= 0.6 is 0 Å². The summed E-state index contributed by atoms with van der Waals surface area (Å²) in [5.74, 6) is 0.797. The predicted molar refractivity (Wildman–Crippen MR) is 46.9 cm³/mol. The van der Waals surface area contributed by atoms with Gasteiger partial charge in [-0.2, -0.15) is 0 Å². The largest absolute Gasteiger partial charge is 1.00 e. The molecule has 0 fully saturated rings. The van der Waals surface area contributed by atoms with Crippen LogP contribution in [0, 0.1) is 0 Å². The first kappa shape index (κ1) is 12.4. The average Bonchev–Trinajstić information content (AvgIpc) is 2.32. The van der Waals surface area contributed by atoms with E-state index in [4.69, 9.17) is 0 Å². The third-order valence-electron chi connectivity index (χ3n) is 1.39. The molecule has 0 amide bonds. The van der Waals surface area contributed by atoms with Crippen molar-refractivity contribution in [3.8, 4) is 0 Å². The van der Waals surface area contributed by atoms with Crippen LogP contribution in [0.15, 0.2) is 12.3 Å². The molecule has 0 saturated heterocycles. The minimum absolute atomic E-state index is 0. The Morgan fingerprint density at radius 2 is 2.25 bits per heavy atom. The summed E-state index contributed by atoms with van der Waals surface area (Å²) in [6.07, 6.45) is 5.92. The van der Waals surface area contributed by atoms with Gasteiger partial charge in [-0.3, -0.25) is 0 Å². The fourth-order valence-electron chi connectivity index (χ4n) is 0.966. The molecule has 0 N–H and O–H groups in total. The Balaban J connectivity index is 0.00000121. The van der Waals surface area contributed by atoms with Gasteiger partial charge in [0.1, 0.15) is 0 Å². The van der Waals surface area contributed by atoms with Crippen LogP contribution in [-0.4, -0.2) is 16.8 Å². The van der Waals surface area contributed by atoms with Gasteiger partial charge < -0.3 is 15.1 Å². The maximum absolute atomic E-state index is 4.15. The molecule has 1 heterocycles. The van der Waals surface area contributed by atoms with Crippen molar-refractivity contribution in [2.24, 2.45) is 7.05 Å². The second-order valence-corrected chi connectivity index (χ2v) is 2.31. The molecule has 0 atom stereocenters. The van der Waals surface area contributed by atoms with Crippen molar-refractivity contribution in [3.63, 3.8) is 0 Å². The maximum atomic E-state index is 4.15. The van der Waals surface area contributed by atoms with E-state index in [0.29, 0.717) is 0 Å². The van der Waals surface area contributed by atoms with E-state index in [1.54, 1.807) is 11.7 Å². The second kappa shape index (κ2) is 5.93. The number of hydrogen-bond donors (Lipinski definition) is 0. The second-order valence-electron chi connectivity index (χ2n) is 2.31. The van der Waals surface area contributed by atoms with Gasteiger partial charge in [0.25, 0.3) is 0 Å². The van der Waals surface area contributed by atoms with Crippen molar-refractivity contribution in [1.29, 1.82) is 0 Å². The number of nitrogens with zero attached hydrogens (tertiary/aromatic N) is 3. The number of allylic oxidation sites excluding steroid dienone is 1. The summed E-state index contributed by atoms with van der Waals surface area (Å²) in [7, 11) is 3.64. The quantitative estimate of drug-likeness (QED) is 0.554. The fraction of sp³-hybridized carbons (Fsp3) is 0.375. The Kier molecular flexibility index (Phi) is 6.13. The summed E-state index contributed by atoms with van der Waals surface area (Å²) in [6, 6.07) is 0. The molecule has 0 aliphatic carbocycles. The van der Waals surface area contributed by atoms with E-state index in [9.17, 15) is 0 Å². The van der Waals surface area contributed by atoms with E-state index >= 15 is 0 Å². The first-order chi connectivity index (χ1) is 5.27. The van der Waals surface area contributed by atoms with Crippen LogP contribution in [0.3, 0.4) is 0 Å². The molecule has 0 aliphatic rings. The molecule has 1 aromatic heterocycles. The summed E-state index contributed by atoms with van der Waals surface area (Å²) < 4.78 is 1.76. The maximum Gasteiger partial charge on any atom is 1.00 e. The number of aromatic nitrogens is 2. The van der Waals surface area contributed by atoms with Crippen LogP contribution in [0.2, 0.25) is 0 Å². The summed E-state index contributed by atoms with van der Waals surface area (Å²) >= 11 is 0. The first-order valence-corrected chi connectivity index (χ1v) is 3.54. The van der Waals surface area contributed by atoms with E-state index < -0.39 is 0 Å². The van der Waals surface area contributed by atoms with Crippen LogP contribution in [0.4, 0.5) is 5.82 Å². The van der Waals surface area contributed by atoms with Crippen molar-refractivity contribution >= 4 is 11.9 Å². The minimum Gasteiger partial charge on any atom is -0.467 e. The van der Waals surface area contributed by atoms with Crippen LogP contribution in [0.1, 0.15) is 12.5 Å². The van der Waals surface area contributed by atoms with Crippen molar-refractivity contribution in [2.75, 3.05) is 7.05 Å². The van der Waals surface area contributed by atoms with Gasteiger partial charge in [-0.15, -0.1) is 0 Å². The Morgan fingerprint density at radius 3 is 2.75 bits per heavy atom. The number of hydrogen-bond acceptors (Lipinski definition) is 1. The van der Waals surface area contributed by atoms with Gasteiger partial charge in [0.15, 0.2) is 0 Å². The van der Waals surface area contributed by atoms with E-state index in [-0.39, 0.29) is 51.4 Å². The fourth-order valence-corrected chi connectivity index (χ4v) is 0.966. The molecular formula is C8H12KN3. The van der Waals surface area contributed by atoms with Gasteiger partial charge in [0.05, 0.1) is 0 Å². The van der Waals surface area contributed by atoms with Crippen LogP contribution in [0.25, 0.3) is 11.4 Å². The van der Waals surface area contributed by atoms with E-state index in [1.165, 1.54) is 0 Å². The zero-order chi connectivity index (χ0) is 8.27. The molecule has 3 nitrogen and oxygen atoms in total. The SMILES string of the molecule is C/C=C\c1cn(C)nc1[N-]C.[K+]. The Bertz CT molecular complexity index is 265. The first-order valence-electron chi connectivity index (χ1n) is 3.54. The van der Waals surface area contributed by atoms with Gasteiger partial charge in [0.2, 0.25) is 0 Å². The van der Waals surface area contributed by atoms with Gasteiger partial charge in [-0.1, -0.05) is 19.2 Å². The van der Waals surface area contributed by atoms with E-state index in [1.807, 2.05) is 32.3 Å². The van der Waals surface area contributed by atoms with Crippen LogP contribution in [0.5, 0.6) is 0 Å². The topological polar surface area (TPSA) is 31.9 Å². The third kappa shape index (κ3) is 3.03. The Labute approximate surface area is 116 Å². The van der Waals surface area contributed by atoms with Gasteiger partial charge in [-0.05, 0) is 18.3 Å². The molecule has 60 valence electrons. The molecule has 0 bridgehead atoms. The van der Waals surface area contributed by atoms with E-state index in [0.717, 1.165) is 11.4 Å². The van der Waals surface area contributed by atoms with Crippen molar-refractivity contribution in [2.45, 2.75) is 6.92 Å². The normalized spacial score (nSPS) is 9.92. The van der Waals surface area contributed by atoms with Gasteiger partial charge >= 0.3 is 51.4 Å². The summed E-state index contributed by atoms with van der Waals surface area (Å²) in [6.45, 7) is 1.98. The monoisotopic (exact) mass is 189 g/mol. The molecule has 1 rings (SSSR count). The zero-order valence-corrected chi connectivity index (χ0v) is 11.2. The minimum atomic E-state index is 0. The molecule has 0 saturated carbocycles. The molecule has 4 heteroatoms. The van der Waals surface area contributed by atoms with Crippen molar-refractivity contribution in [1.82, 2.24) is 9.78 Å². The van der Waals surface area contributed by atoms with Crippen molar-refractivity contribution < 1.29 is 51.4 Å².